The van der Waals surface area contributed by atoms with Gasteiger partial charge in [-0.15, -0.1) is 11.3 Å². The zero-order chi connectivity index (χ0) is 11.8. The first-order chi connectivity index (χ1) is 8.24. The quantitative estimate of drug-likeness (QED) is 0.763. The Labute approximate surface area is 103 Å². The van der Waals surface area contributed by atoms with Crippen LogP contribution in [0.15, 0.2) is 29.6 Å². The van der Waals surface area contributed by atoms with Crippen LogP contribution in [-0.4, -0.2) is 10.8 Å². The summed E-state index contributed by atoms with van der Waals surface area (Å²) in [7, 11) is 0. The van der Waals surface area contributed by atoms with Gasteiger partial charge < -0.3 is 4.74 Å². The lowest BCUT2D eigenvalue weighted by molar-refractivity contribution is 0.101. The second kappa shape index (κ2) is 3.96. The van der Waals surface area contributed by atoms with E-state index in [-0.39, 0.29) is 11.9 Å². The van der Waals surface area contributed by atoms with E-state index in [1.54, 1.807) is 5.38 Å². The number of Topliss-reactive ketones (excluding diaryl/α,β-unsaturated/α-hetero) is 1. The Morgan fingerprint density at radius 3 is 3.00 bits per heavy atom. The molecule has 1 unspecified atom stereocenters. The van der Waals surface area contributed by atoms with Crippen molar-refractivity contribution < 1.29 is 9.53 Å². The molecule has 2 aromatic rings. The first-order valence-electron chi connectivity index (χ1n) is 5.45. The molecule has 1 aromatic carbocycles. The van der Waals surface area contributed by atoms with Crippen LogP contribution in [0.3, 0.4) is 0 Å². The third-order valence-corrected chi connectivity index (χ3v) is 3.74. The Kier molecular flexibility index (Phi) is 2.44. The number of fused-ring (bicyclic) bond motifs is 1. The van der Waals surface area contributed by atoms with Crippen molar-refractivity contribution in [2.75, 3.05) is 0 Å². The summed E-state index contributed by atoms with van der Waals surface area (Å²) >= 11 is 1.49. The molecule has 4 heteroatoms. The molecular weight excluding hydrogens is 234 g/mol. The Morgan fingerprint density at radius 1 is 1.47 bits per heavy atom. The first kappa shape index (κ1) is 10.5. The molecule has 0 bridgehead atoms. The van der Waals surface area contributed by atoms with Crippen LogP contribution in [-0.2, 0) is 6.42 Å². The summed E-state index contributed by atoms with van der Waals surface area (Å²) in [6.45, 7) is 1.53. The molecule has 3 nitrogen and oxygen atoms in total. The van der Waals surface area contributed by atoms with Crippen molar-refractivity contribution >= 4 is 17.1 Å². The molecule has 0 amide bonds. The van der Waals surface area contributed by atoms with Gasteiger partial charge in [-0.05, 0) is 11.6 Å². The number of ketones is 1. The second-order valence-corrected chi connectivity index (χ2v) is 4.94. The van der Waals surface area contributed by atoms with Crippen LogP contribution in [0, 0.1) is 0 Å². The van der Waals surface area contributed by atoms with Gasteiger partial charge in [0.1, 0.15) is 16.5 Å². The van der Waals surface area contributed by atoms with Gasteiger partial charge in [0.2, 0.25) is 0 Å². The van der Waals surface area contributed by atoms with E-state index in [9.17, 15) is 4.79 Å². The van der Waals surface area contributed by atoms with Crippen LogP contribution in [0.25, 0.3) is 0 Å². The predicted molar refractivity (Wildman–Crippen MR) is 65.6 cm³/mol. The Morgan fingerprint density at radius 2 is 2.29 bits per heavy atom. The van der Waals surface area contributed by atoms with Gasteiger partial charge in [0.25, 0.3) is 0 Å². The van der Waals surface area contributed by atoms with Crippen LogP contribution in [0.4, 0.5) is 0 Å². The van der Waals surface area contributed by atoms with Crippen molar-refractivity contribution in [2.45, 2.75) is 19.4 Å². The number of nitrogens with zero attached hydrogens (tertiary/aromatic N) is 1. The lowest BCUT2D eigenvalue weighted by Gasteiger charge is -2.06. The summed E-state index contributed by atoms with van der Waals surface area (Å²) in [4.78, 5) is 15.5. The number of hydrogen-bond acceptors (Lipinski definition) is 4. The number of para-hydroxylation sites is 1. The van der Waals surface area contributed by atoms with E-state index in [0.717, 1.165) is 17.2 Å². The number of ether oxygens (including phenoxy) is 1. The number of hydrogen-bond donors (Lipinski definition) is 0. The number of benzene rings is 1. The van der Waals surface area contributed by atoms with Crippen molar-refractivity contribution in [1.29, 1.82) is 0 Å². The Hall–Kier alpha value is -1.68. The molecule has 0 saturated heterocycles. The first-order valence-corrected chi connectivity index (χ1v) is 6.33. The minimum absolute atomic E-state index is 0.00279. The summed E-state index contributed by atoms with van der Waals surface area (Å²) < 4.78 is 5.82. The third-order valence-electron chi connectivity index (χ3n) is 2.81. The monoisotopic (exact) mass is 245 g/mol. The summed E-state index contributed by atoms with van der Waals surface area (Å²) in [6.07, 6.45) is 0.798. The molecule has 0 aliphatic carbocycles. The number of carbonyl (C=O) groups is 1. The van der Waals surface area contributed by atoms with Crippen LogP contribution >= 0.6 is 11.3 Å². The molecule has 1 aliphatic heterocycles. The van der Waals surface area contributed by atoms with Gasteiger partial charge in [-0.1, -0.05) is 18.2 Å². The minimum Gasteiger partial charge on any atom is -0.483 e. The SMILES string of the molecule is CC(=O)c1csc(C2Cc3ccccc3O2)n1. The molecule has 1 aromatic heterocycles. The minimum atomic E-state index is -0.0366. The van der Waals surface area contributed by atoms with Crippen LogP contribution in [0.2, 0.25) is 0 Å². The molecule has 2 heterocycles. The molecule has 86 valence electrons. The van der Waals surface area contributed by atoms with Crippen LogP contribution in [0.5, 0.6) is 5.75 Å². The molecule has 0 spiro atoms. The lowest BCUT2D eigenvalue weighted by atomic mass is 10.1. The summed E-state index contributed by atoms with van der Waals surface area (Å²) in [5.74, 6) is 0.931. The van der Waals surface area contributed by atoms with Gasteiger partial charge in [0, 0.05) is 18.7 Å². The van der Waals surface area contributed by atoms with E-state index in [4.69, 9.17) is 4.74 Å². The molecule has 1 atom stereocenters. The van der Waals surface area contributed by atoms with E-state index in [2.05, 4.69) is 11.1 Å². The van der Waals surface area contributed by atoms with Gasteiger partial charge in [-0.3, -0.25) is 4.79 Å². The number of rotatable bonds is 2. The highest BCUT2D eigenvalue weighted by atomic mass is 32.1. The Bertz CT molecular complexity index is 551. The fourth-order valence-electron chi connectivity index (χ4n) is 1.92. The standard InChI is InChI=1S/C13H11NO2S/c1-8(15)10-7-17-13(14-10)12-6-9-4-2-3-5-11(9)16-12/h2-5,7,12H,6H2,1H3. The largest absolute Gasteiger partial charge is 0.483 e. The second-order valence-electron chi connectivity index (χ2n) is 4.05. The fourth-order valence-corrected chi connectivity index (χ4v) is 2.80. The van der Waals surface area contributed by atoms with Gasteiger partial charge in [-0.25, -0.2) is 4.98 Å². The van der Waals surface area contributed by atoms with Gasteiger partial charge in [-0.2, -0.15) is 0 Å². The lowest BCUT2D eigenvalue weighted by Crippen LogP contribution is -2.03. The van der Waals surface area contributed by atoms with Crippen molar-refractivity contribution in [3.05, 3.63) is 45.9 Å². The number of aromatic nitrogens is 1. The van der Waals surface area contributed by atoms with Crippen molar-refractivity contribution in [1.82, 2.24) is 4.98 Å². The maximum absolute atomic E-state index is 11.2. The van der Waals surface area contributed by atoms with Gasteiger partial charge >= 0.3 is 0 Å². The maximum atomic E-state index is 11.2. The van der Waals surface area contributed by atoms with Crippen molar-refractivity contribution in [3.8, 4) is 5.75 Å². The Balaban J connectivity index is 1.86. The van der Waals surface area contributed by atoms with E-state index in [0.29, 0.717) is 5.69 Å². The maximum Gasteiger partial charge on any atom is 0.178 e. The van der Waals surface area contributed by atoms with Crippen molar-refractivity contribution in [3.63, 3.8) is 0 Å². The number of thiazole rings is 1. The molecule has 0 saturated carbocycles. The molecule has 1 aliphatic rings. The normalized spacial score (nSPS) is 17.6. The smallest absolute Gasteiger partial charge is 0.178 e. The average Bonchev–Trinajstić information content (AvgIpc) is 2.95. The third kappa shape index (κ3) is 1.85. The molecule has 17 heavy (non-hydrogen) atoms. The molecule has 0 radical (unpaired) electrons. The van der Waals surface area contributed by atoms with E-state index in [1.165, 1.54) is 23.8 Å². The summed E-state index contributed by atoms with van der Waals surface area (Å²) in [5.41, 5.74) is 1.74. The summed E-state index contributed by atoms with van der Waals surface area (Å²) in [5, 5.41) is 2.68. The van der Waals surface area contributed by atoms with E-state index >= 15 is 0 Å². The van der Waals surface area contributed by atoms with Crippen LogP contribution < -0.4 is 4.74 Å². The van der Waals surface area contributed by atoms with Gasteiger partial charge in [0.05, 0.1) is 0 Å². The predicted octanol–water partition coefficient (Wildman–Crippen LogP) is 3.02. The summed E-state index contributed by atoms with van der Waals surface area (Å²) in [6, 6.07) is 8.00. The van der Waals surface area contributed by atoms with Gasteiger partial charge in [0.15, 0.2) is 11.9 Å². The van der Waals surface area contributed by atoms with E-state index in [1.807, 2.05) is 18.2 Å². The topological polar surface area (TPSA) is 39.2 Å². The average molecular weight is 245 g/mol. The number of carbonyl (C=O) groups excluding carboxylic acids is 1. The highest BCUT2D eigenvalue weighted by Crippen LogP contribution is 2.37. The van der Waals surface area contributed by atoms with Crippen LogP contribution in [0.1, 0.15) is 34.1 Å². The molecule has 0 fully saturated rings. The fraction of sp³-hybridized carbons (Fsp3) is 0.231. The zero-order valence-corrected chi connectivity index (χ0v) is 10.2. The molecule has 3 rings (SSSR count). The molecule has 0 N–H and O–H groups in total. The highest BCUT2D eigenvalue weighted by molar-refractivity contribution is 7.09. The zero-order valence-electron chi connectivity index (χ0n) is 9.34. The highest BCUT2D eigenvalue weighted by Gasteiger charge is 2.26. The van der Waals surface area contributed by atoms with Crippen molar-refractivity contribution in [2.24, 2.45) is 0 Å². The van der Waals surface area contributed by atoms with E-state index < -0.39 is 0 Å². The molecular formula is C13H11NO2S.